The Morgan fingerprint density at radius 1 is 1.05 bits per heavy atom. The van der Waals surface area contributed by atoms with Gasteiger partial charge in [-0.15, -0.1) is 0 Å². The Morgan fingerprint density at radius 2 is 1.85 bits per heavy atom. The van der Waals surface area contributed by atoms with Gasteiger partial charge < -0.3 is 16.0 Å². The predicted octanol–water partition coefficient (Wildman–Crippen LogP) is 2.61. The van der Waals surface area contributed by atoms with Crippen molar-refractivity contribution < 1.29 is 4.79 Å². The maximum absolute atomic E-state index is 11.8. The Bertz CT molecular complexity index is 610. The number of carbonyl (C=O) groups is 1. The number of para-hydroxylation sites is 1. The van der Waals surface area contributed by atoms with Gasteiger partial charge in [0.25, 0.3) is 0 Å². The van der Waals surface area contributed by atoms with Gasteiger partial charge in [-0.25, -0.2) is 4.79 Å². The van der Waals surface area contributed by atoms with Gasteiger partial charge >= 0.3 is 6.03 Å². The van der Waals surface area contributed by atoms with E-state index >= 15 is 0 Å². The molecule has 0 radical (unpaired) electrons. The van der Waals surface area contributed by atoms with E-state index in [1.165, 1.54) is 11.1 Å². The van der Waals surface area contributed by atoms with Gasteiger partial charge in [0.2, 0.25) is 0 Å². The molecule has 3 N–H and O–H groups in total. The molecule has 0 bridgehead atoms. The molecule has 0 saturated carbocycles. The van der Waals surface area contributed by atoms with Crippen molar-refractivity contribution >= 4 is 11.7 Å². The molecular formula is C16H17N3O. The van der Waals surface area contributed by atoms with Gasteiger partial charge in [-0.3, -0.25) is 0 Å². The third-order valence-electron chi connectivity index (χ3n) is 3.39. The minimum atomic E-state index is -0.185. The Labute approximate surface area is 118 Å². The number of rotatable bonds is 3. The molecule has 0 spiro atoms. The van der Waals surface area contributed by atoms with E-state index in [9.17, 15) is 4.79 Å². The van der Waals surface area contributed by atoms with Crippen LogP contribution >= 0.6 is 0 Å². The highest BCUT2D eigenvalue weighted by molar-refractivity contribution is 5.89. The molecule has 2 aromatic carbocycles. The third kappa shape index (κ3) is 2.97. The zero-order chi connectivity index (χ0) is 13.8. The van der Waals surface area contributed by atoms with Crippen LogP contribution in [0.5, 0.6) is 0 Å². The van der Waals surface area contributed by atoms with Crippen molar-refractivity contribution in [2.24, 2.45) is 0 Å². The molecule has 1 heterocycles. The normalized spacial score (nSPS) is 12.8. The van der Waals surface area contributed by atoms with Crippen molar-refractivity contribution in [1.29, 1.82) is 0 Å². The fraction of sp³-hybridized carbons (Fsp3) is 0.188. The summed E-state index contributed by atoms with van der Waals surface area (Å²) in [7, 11) is 0. The van der Waals surface area contributed by atoms with Gasteiger partial charge in [0.05, 0.1) is 0 Å². The molecular weight excluding hydrogens is 250 g/mol. The summed E-state index contributed by atoms with van der Waals surface area (Å²) in [6, 6.07) is 15.6. The zero-order valence-corrected chi connectivity index (χ0v) is 11.1. The molecule has 0 unspecified atom stereocenters. The summed E-state index contributed by atoms with van der Waals surface area (Å²) in [5.74, 6) is 0. The number of amides is 2. The number of carbonyl (C=O) groups excluding carboxylic acids is 1. The van der Waals surface area contributed by atoms with Crippen LogP contribution < -0.4 is 16.0 Å². The van der Waals surface area contributed by atoms with Crippen molar-refractivity contribution in [3.05, 3.63) is 65.2 Å². The van der Waals surface area contributed by atoms with E-state index in [1.54, 1.807) is 0 Å². The second-order valence-electron chi connectivity index (χ2n) is 4.88. The van der Waals surface area contributed by atoms with E-state index in [0.29, 0.717) is 6.54 Å². The average molecular weight is 267 g/mol. The molecule has 2 amide bonds. The number of nitrogens with one attached hydrogen (secondary N) is 3. The molecule has 1 aliphatic heterocycles. The Hall–Kier alpha value is -2.33. The monoisotopic (exact) mass is 267 g/mol. The van der Waals surface area contributed by atoms with Crippen LogP contribution in [-0.2, 0) is 19.6 Å². The molecule has 0 aliphatic carbocycles. The number of hydrogen-bond acceptors (Lipinski definition) is 2. The first-order valence-corrected chi connectivity index (χ1v) is 6.72. The largest absolute Gasteiger partial charge is 0.334 e. The lowest BCUT2D eigenvalue weighted by molar-refractivity contribution is 0.251. The van der Waals surface area contributed by atoms with Gasteiger partial charge in [0, 0.05) is 25.3 Å². The van der Waals surface area contributed by atoms with Gasteiger partial charge in [-0.1, -0.05) is 36.4 Å². The second-order valence-corrected chi connectivity index (χ2v) is 4.88. The maximum atomic E-state index is 11.8. The lowest BCUT2D eigenvalue weighted by Crippen LogP contribution is -2.28. The third-order valence-corrected chi connectivity index (χ3v) is 3.39. The van der Waals surface area contributed by atoms with E-state index in [-0.39, 0.29) is 6.03 Å². The smallest absolute Gasteiger partial charge is 0.319 e. The van der Waals surface area contributed by atoms with E-state index in [4.69, 9.17) is 0 Å². The highest BCUT2D eigenvalue weighted by atomic mass is 16.2. The van der Waals surface area contributed by atoms with Crippen molar-refractivity contribution in [3.8, 4) is 0 Å². The molecule has 4 heteroatoms. The van der Waals surface area contributed by atoms with Gasteiger partial charge in [-0.2, -0.15) is 0 Å². The molecule has 102 valence electrons. The van der Waals surface area contributed by atoms with Crippen LogP contribution in [-0.4, -0.2) is 6.03 Å². The summed E-state index contributed by atoms with van der Waals surface area (Å²) in [6.07, 6.45) is 0. The lowest BCUT2D eigenvalue weighted by Gasteiger charge is -2.08. The molecule has 1 aliphatic rings. The Balaban J connectivity index is 1.55. The average Bonchev–Trinajstić information content (AvgIpc) is 2.93. The fourth-order valence-corrected chi connectivity index (χ4v) is 2.34. The van der Waals surface area contributed by atoms with Gasteiger partial charge in [0.15, 0.2) is 0 Å². The molecule has 2 aromatic rings. The van der Waals surface area contributed by atoms with Gasteiger partial charge in [-0.05, 0) is 28.8 Å². The summed E-state index contributed by atoms with van der Waals surface area (Å²) in [5.41, 5.74) is 4.59. The first kappa shape index (κ1) is 12.7. The maximum Gasteiger partial charge on any atom is 0.319 e. The van der Waals surface area contributed by atoms with Crippen LogP contribution in [0.2, 0.25) is 0 Å². The van der Waals surface area contributed by atoms with Crippen molar-refractivity contribution in [2.75, 3.05) is 5.32 Å². The van der Waals surface area contributed by atoms with Crippen LogP contribution in [0.3, 0.4) is 0 Å². The van der Waals surface area contributed by atoms with E-state index in [0.717, 1.165) is 24.3 Å². The minimum absolute atomic E-state index is 0.185. The number of hydrogen-bond donors (Lipinski definition) is 3. The summed E-state index contributed by atoms with van der Waals surface area (Å²) >= 11 is 0. The Kier molecular flexibility index (Phi) is 3.65. The van der Waals surface area contributed by atoms with Gasteiger partial charge in [0.1, 0.15) is 0 Å². The fourth-order valence-electron chi connectivity index (χ4n) is 2.34. The molecule has 0 saturated heterocycles. The highest BCUT2D eigenvalue weighted by Crippen LogP contribution is 2.16. The summed E-state index contributed by atoms with van der Waals surface area (Å²) in [6.45, 7) is 2.39. The SMILES string of the molecule is O=C(NCc1ccc2c(c1)CNC2)Nc1ccccc1. The second kappa shape index (κ2) is 5.75. The first-order chi connectivity index (χ1) is 9.81. The Morgan fingerprint density at radius 3 is 2.70 bits per heavy atom. The molecule has 0 aromatic heterocycles. The summed E-state index contributed by atoms with van der Waals surface area (Å²) in [4.78, 5) is 11.8. The number of fused-ring (bicyclic) bond motifs is 1. The topological polar surface area (TPSA) is 53.2 Å². The zero-order valence-electron chi connectivity index (χ0n) is 11.1. The summed E-state index contributed by atoms with van der Waals surface area (Å²) < 4.78 is 0. The molecule has 0 atom stereocenters. The molecule has 3 rings (SSSR count). The lowest BCUT2D eigenvalue weighted by atomic mass is 10.1. The predicted molar refractivity (Wildman–Crippen MR) is 79.3 cm³/mol. The molecule has 0 fully saturated rings. The number of anilines is 1. The molecule has 4 nitrogen and oxygen atoms in total. The van der Waals surface area contributed by atoms with E-state index < -0.39 is 0 Å². The van der Waals surface area contributed by atoms with Crippen molar-refractivity contribution in [3.63, 3.8) is 0 Å². The van der Waals surface area contributed by atoms with E-state index in [2.05, 4.69) is 34.1 Å². The molecule has 20 heavy (non-hydrogen) atoms. The van der Waals surface area contributed by atoms with E-state index in [1.807, 2.05) is 30.3 Å². The quantitative estimate of drug-likeness (QED) is 0.800. The number of benzene rings is 2. The minimum Gasteiger partial charge on any atom is -0.334 e. The van der Waals surface area contributed by atoms with Crippen LogP contribution in [0.1, 0.15) is 16.7 Å². The first-order valence-electron chi connectivity index (χ1n) is 6.72. The van der Waals surface area contributed by atoms with Crippen molar-refractivity contribution in [2.45, 2.75) is 19.6 Å². The standard InChI is InChI=1S/C16H17N3O/c20-16(19-15-4-2-1-3-5-15)18-9-12-6-7-13-10-17-11-14(13)8-12/h1-8,17H,9-11H2,(H2,18,19,20). The van der Waals surface area contributed by atoms with Crippen LogP contribution in [0, 0.1) is 0 Å². The van der Waals surface area contributed by atoms with Crippen LogP contribution in [0.15, 0.2) is 48.5 Å². The van der Waals surface area contributed by atoms with Crippen LogP contribution in [0.25, 0.3) is 0 Å². The van der Waals surface area contributed by atoms with Crippen molar-refractivity contribution in [1.82, 2.24) is 10.6 Å². The highest BCUT2D eigenvalue weighted by Gasteiger charge is 2.10. The summed E-state index contributed by atoms with van der Waals surface area (Å²) in [5, 5.41) is 8.98. The van der Waals surface area contributed by atoms with Crippen LogP contribution in [0.4, 0.5) is 10.5 Å². The number of urea groups is 1.